The Morgan fingerprint density at radius 2 is 1.94 bits per heavy atom. The molecule has 1 aliphatic carbocycles. The van der Waals surface area contributed by atoms with E-state index in [-0.39, 0.29) is 15.8 Å². The number of nitrogens with zero attached hydrogens (tertiary/aromatic N) is 4. The van der Waals surface area contributed by atoms with E-state index < -0.39 is 34.3 Å². The lowest BCUT2D eigenvalue weighted by Gasteiger charge is -2.32. The largest absolute Gasteiger partial charge is 0.377 e. The van der Waals surface area contributed by atoms with E-state index >= 15 is 0 Å². The molecule has 8 nitrogen and oxygen atoms in total. The zero-order valence-electron chi connectivity index (χ0n) is 17.6. The van der Waals surface area contributed by atoms with Gasteiger partial charge in [-0.05, 0) is 50.3 Å². The van der Waals surface area contributed by atoms with E-state index in [1.807, 2.05) is 0 Å². The van der Waals surface area contributed by atoms with Gasteiger partial charge in [0, 0.05) is 23.7 Å². The standard InChI is InChI=1S/C23H20F2N4O4/c1-22(8-9-22)7-6-13-11-26-12-17-14(13)3-2-10-28(17)20-18-16(5-4-15(24)19(18)25)29(21(30)27-20)23(31,32)33/h4-5,11-12,31-33H,2-3,8-10H2,1H3. The number of hydrogen-bond donors (Lipinski definition) is 3. The molecular weight excluding hydrogens is 434 g/mol. The fourth-order valence-corrected chi connectivity index (χ4v) is 4.09. The smallest absolute Gasteiger partial charge is 0.325 e. The van der Waals surface area contributed by atoms with Crippen molar-refractivity contribution in [3.63, 3.8) is 0 Å². The van der Waals surface area contributed by atoms with Crippen LogP contribution in [0.1, 0.15) is 37.3 Å². The second-order valence-electron chi connectivity index (χ2n) is 8.66. The van der Waals surface area contributed by atoms with Gasteiger partial charge >= 0.3 is 11.8 Å². The number of hydrogen-bond acceptors (Lipinski definition) is 7. The van der Waals surface area contributed by atoms with Gasteiger partial charge in [-0.2, -0.15) is 4.98 Å². The molecule has 0 atom stereocenters. The van der Waals surface area contributed by atoms with Crippen molar-refractivity contribution in [2.75, 3.05) is 11.4 Å². The number of pyridine rings is 1. The molecule has 10 heteroatoms. The topological polar surface area (TPSA) is 112 Å². The summed E-state index contributed by atoms with van der Waals surface area (Å²) in [5.41, 5.74) is 0.430. The first-order valence-corrected chi connectivity index (χ1v) is 10.4. The summed E-state index contributed by atoms with van der Waals surface area (Å²) < 4.78 is 29.2. The summed E-state index contributed by atoms with van der Waals surface area (Å²) in [4.78, 5) is 22.2. The zero-order chi connectivity index (χ0) is 23.5. The Morgan fingerprint density at radius 3 is 2.64 bits per heavy atom. The highest BCUT2D eigenvalue weighted by molar-refractivity contribution is 5.93. The van der Waals surface area contributed by atoms with Crippen molar-refractivity contribution >= 4 is 22.4 Å². The summed E-state index contributed by atoms with van der Waals surface area (Å²) in [5, 5.41) is 28.4. The van der Waals surface area contributed by atoms with Crippen molar-refractivity contribution < 1.29 is 24.1 Å². The molecule has 2 aromatic heterocycles. The van der Waals surface area contributed by atoms with Crippen LogP contribution in [0.5, 0.6) is 0 Å². The van der Waals surface area contributed by atoms with Crippen LogP contribution in [0.4, 0.5) is 20.3 Å². The summed E-state index contributed by atoms with van der Waals surface area (Å²) in [7, 11) is 0. The van der Waals surface area contributed by atoms with E-state index in [0.717, 1.165) is 36.1 Å². The van der Waals surface area contributed by atoms with Crippen LogP contribution < -0.4 is 10.6 Å². The molecule has 170 valence electrons. The molecule has 1 fully saturated rings. The van der Waals surface area contributed by atoms with Crippen LogP contribution in [0.3, 0.4) is 0 Å². The van der Waals surface area contributed by atoms with Crippen LogP contribution >= 0.6 is 0 Å². The van der Waals surface area contributed by atoms with E-state index in [0.29, 0.717) is 25.1 Å². The van der Waals surface area contributed by atoms with Crippen molar-refractivity contribution in [3.05, 3.63) is 57.8 Å². The van der Waals surface area contributed by atoms with Gasteiger partial charge in [-0.15, -0.1) is 0 Å². The molecule has 0 spiro atoms. The molecule has 0 unspecified atom stereocenters. The number of fused-ring (bicyclic) bond motifs is 2. The molecule has 1 aromatic carbocycles. The number of halogens is 2. The summed E-state index contributed by atoms with van der Waals surface area (Å²) in [5.74, 6) is 3.67. The minimum atomic E-state index is -3.66. The van der Waals surface area contributed by atoms with Crippen LogP contribution in [-0.4, -0.2) is 36.4 Å². The van der Waals surface area contributed by atoms with Gasteiger partial charge in [0.05, 0.1) is 22.8 Å². The van der Waals surface area contributed by atoms with Crippen molar-refractivity contribution in [2.24, 2.45) is 5.41 Å². The molecule has 3 aromatic rings. The van der Waals surface area contributed by atoms with Gasteiger partial charge in [0.2, 0.25) is 0 Å². The third-order valence-electron chi connectivity index (χ3n) is 6.12. The van der Waals surface area contributed by atoms with Gasteiger partial charge in [0.15, 0.2) is 17.5 Å². The van der Waals surface area contributed by atoms with E-state index in [9.17, 15) is 28.9 Å². The first-order chi connectivity index (χ1) is 15.6. The van der Waals surface area contributed by atoms with Gasteiger partial charge in [0.25, 0.3) is 0 Å². The molecule has 0 saturated heterocycles. The molecule has 0 radical (unpaired) electrons. The van der Waals surface area contributed by atoms with Crippen molar-refractivity contribution in [3.8, 4) is 11.8 Å². The molecule has 0 amide bonds. The van der Waals surface area contributed by atoms with Crippen molar-refractivity contribution in [1.82, 2.24) is 14.5 Å². The predicted molar refractivity (Wildman–Crippen MR) is 114 cm³/mol. The molecule has 5 rings (SSSR count). The number of aliphatic hydroxyl groups is 3. The Bertz CT molecular complexity index is 1410. The van der Waals surface area contributed by atoms with Crippen molar-refractivity contribution in [1.29, 1.82) is 0 Å². The molecular formula is C23H20F2N4O4. The van der Waals surface area contributed by atoms with Crippen molar-refractivity contribution in [2.45, 2.75) is 38.7 Å². The first-order valence-electron chi connectivity index (χ1n) is 10.4. The van der Waals surface area contributed by atoms with Crippen LogP contribution in [0.15, 0.2) is 29.3 Å². The van der Waals surface area contributed by atoms with Gasteiger partial charge in [-0.1, -0.05) is 11.8 Å². The predicted octanol–water partition coefficient (Wildman–Crippen LogP) is 1.85. The lowest BCUT2D eigenvalue weighted by Crippen LogP contribution is -2.43. The number of aromatic nitrogens is 3. The Labute approximate surface area is 186 Å². The fraction of sp³-hybridized carbons (Fsp3) is 0.348. The second kappa shape index (κ2) is 7.31. The Kier molecular flexibility index (Phi) is 4.75. The average molecular weight is 454 g/mol. The molecule has 33 heavy (non-hydrogen) atoms. The molecule has 1 saturated carbocycles. The van der Waals surface area contributed by atoms with Crippen LogP contribution in [0.2, 0.25) is 0 Å². The lowest BCUT2D eigenvalue weighted by molar-refractivity contribution is -0.374. The van der Waals surface area contributed by atoms with E-state index in [4.69, 9.17) is 0 Å². The third kappa shape index (κ3) is 3.64. The van der Waals surface area contributed by atoms with Crippen LogP contribution in [-0.2, 0) is 12.5 Å². The number of benzene rings is 1. The maximum Gasteiger partial charge on any atom is 0.377 e. The molecule has 3 heterocycles. The van der Waals surface area contributed by atoms with E-state index in [1.54, 1.807) is 17.3 Å². The maximum atomic E-state index is 15.0. The Hall–Kier alpha value is -3.39. The Balaban J connectivity index is 1.75. The highest BCUT2D eigenvalue weighted by atomic mass is 19.2. The van der Waals surface area contributed by atoms with Crippen LogP contribution in [0.25, 0.3) is 10.9 Å². The molecule has 2 aliphatic rings. The number of anilines is 2. The van der Waals surface area contributed by atoms with E-state index in [2.05, 4.69) is 28.7 Å². The minimum Gasteiger partial charge on any atom is -0.325 e. The minimum absolute atomic E-state index is 0.00534. The fourth-order valence-electron chi connectivity index (χ4n) is 4.09. The van der Waals surface area contributed by atoms with Gasteiger partial charge in [-0.3, -0.25) is 4.98 Å². The second-order valence-corrected chi connectivity index (χ2v) is 8.66. The molecule has 1 aliphatic heterocycles. The SMILES string of the molecule is CC1(C#Cc2cncc3c2CCCN3c2nc(=O)n(C(O)(O)O)c3ccc(F)c(F)c23)CC1. The first kappa shape index (κ1) is 21.5. The highest BCUT2D eigenvalue weighted by Crippen LogP contribution is 2.44. The summed E-state index contributed by atoms with van der Waals surface area (Å²) in [6.45, 7) is 2.41. The van der Waals surface area contributed by atoms with Gasteiger partial charge < -0.3 is 20.2 Å². The normalized spacial score (nSPS) is 16.8. The van der Waals surface area contributed by atoms with E-state index in [1.165, 1.54) is 0 Å². The number of rotatable bonds is 2. The van der Waals surface area contributed by atoms with Gasteiger partial charge in [-0.25, -0.2) is 18.1 Å². The maximum absolute atomic E-state index is 15.0. The monoisotopic (exact) mass is 454 g/mol. The van der Waals surface area contributed by atoms with Crippen LogP contribution in [0, 0.1) is 28.9 Å². The Morgan fingerprint density at radius 1 is 1.18 bits per heavy atom. The summed E-state index contributed by atoms with van der Waals surface area (Å²) in [6.07, 6.45) is 2.91. The third-order valence-corrected chi connectivity index (χ3v) is 6.12. The van der Waals surface area contributed by atoms with Gasteiger partial charge in [0.1, 0.15) is 0 Å². The zero-order valence-corrected chi connectivity index (χ0v) is 17.6. The molecule has 3 N–H and O–H groups in total. The summed E-state index contributed by atoms with van der Waals surface area (Å²) >= 11 is 0. The average Bonchev–Trinajstić information content (AvgIpc) is 3.50. The lowest BCUT2D eigenvalue weighted by atomic mass is 9.97. The quantitative estimate of drug-likeness (QED) is 0.400. The summed E-state index contributed by atoms with van der Waals surface area (Å²) in [6, 6.07) is 1.69. The highest BCUT2D eigenvalue weighted by Gasteiger charge is 2.35. The molecule has 0 bridgehead atoms.